The van der Waals surface area contributed by atoms with Gasteiger partial charge in [0.05, 0.1) is 26.4 Å². The smallest absolute Gasteiger partial charge is 0.254 e. The summed E-state index contributed by atoms with van der Waals surface area (Å²) in [7, 11) is 0. The molecular weight excluding hydrogens is 320 g/mol. The molecule has 0 radical (unpaired) electrons. The summed E-state index contributed by atoms with van der Waals surface area (Å²) >= 11 is 0. The van der Waals surface area contributed by atoms with E-state index in [0.29, 0.717) is 44.3 Å². The lowest BCUT2D eigenvalue weighted by Crippen LogP contribution is -2.42. The second kappa shape index (κ2) is 6.57. The van der Waals surface area contributed by atoms with Crippen LogP contribution in [-0.2, 0) is 22.7 Å². The summed E-state index contributed by atoms with van der Waals surface area (Å²) in [5.74, 6) is 1.72. The van der Waals surface area contributed by atoms with Gasteiger partial charge >= 0.3 is 0 Å². The van der Waals surface area contributed by atoms with Crippen LogP contribution in [0.4, 0.5) is 0 Å². The van der Waals surface area contributed by atoms with Crippen LogP contribution < -0.4 is 0 Å². The van der Waals surface area contributed by atoms with E-state index in [4.69, 9.17) is 9.47 Å². The number of benzene rings is 1. The zero-order valence-electron chi connectivity index (χ0n) is 14.5. The third-order valence-corrected chi connectivity index (χ3v) is 4.66. The van der Waals surface area contributed by atoms with E-state index < -0.39 is 0 Å². The highest BCUT2D eigenvalue weighted by Gasteiger charge is 2.29. The van der Waals surface area contributed by atoms with E-state index >= 15 is 0 Å². The Morgan fingerprint density at radius 1 is 1.32 bits per heavy atom. The molecule has 2 aromatic rings. The minimum atomic E-state index is -0.268. The first-order valence-electron chi connectivity index (χ1n) is 8.64. The van der Waals surface area contributed by atoms with Crippen molar-refractivity contribution in [1.82, 2.24) is 20.1 Å². The van der Waals surface area contributed by atoms with E-state index in [1.165, 1.54) is 5.56 Å². The van der Waals surface area contributed by atoms with Gasteiger partial charge in [0.25, 0.3) is 5.91 Å². The van der Waals surface area contributed by atoms with Crippen LogP contribution in [0.1, 0.15) is 59.0 Å². The number of nitrogens with zero attached hydrogens (tertiary/aromatic N) is 3. The highest BCUT2D eigenvalue weighted by Crippen LogP contribution is 2.24. The van der Waals surface area contributed by atoms with Crippen LogP contribution in [0.15, 0.2) is 18.2 Å². The van der Waals surface area contributed by atoms with Crippen LogP contribution in [-0.4, -0.2) is 45.7 Å². The summed E-state index contributed by atoms with van der Waals surface area (Å²) < 4.78 is 11.2. The summed E-state index contributed by atoms with van der Waals surface area (Å²) in [5, 5.41) is 7.17. The van der Waals surface area contributed by atoms with Crippen molar-refractivity contribution in [2.24, 2.45) is 0 Å². The lowest BCUT2D eigenvalue weighted by atomic mass is 10.1. The van der Waals surface area contributed by atoms with E-state index in [1.54, 1.807) is 0 Å². The predicted molar refractivity (Wildman–Crippen MR) is 90.0 cm³/mol. The van der Waals surface area contributed by atoms with Crippen molar-refractivity contribution in [1.29, 1.82) is 0 Å². The van der Waals surface area contributed by atoms with E-state index in [9.17, 15) is 4.79 Å². The minimum absolute atomic E-state index is 0.0200. The molecular formula is C18H22N4O3. The molecule has 7 heteroatoms. The Labute approximate surface area is 146 Å². The van der Waals surface area contributed by atoms with E-state index in [1.807, 2.05) is 36.9 Å². The molecule has 132 valence electrons. The van der Waals surface area contributed by atoms with Gasteiger partial charge in [-0.15, -0.1) is 0 Å². The quantitative estimate of drug-likeness (QED) is 0.925. The van der Waals surface area contributed by atoms with Gasteiger partial charge in [-0.2, -0.15) is 5.10 Å². The minimum Gasteiger partial charge on any atom is -0.372 e. The maximum Gasteiger partial charge on any atom is 0.254 e. The Bertz CT molecular complexity index is 786. The summed E-state index contributed by atoms with van der Waals surface area (Å²) in [5.41, 5.74) is 2.97. The number of aromatic nitrogens is 3. The molecule has 4 rings (SSSR count). The molecule has 0 spiro atoms. The van der Waals surface area contributed by atoms with Gasteiger partial charge in [-0.3, -0.25) is 9.89 Å². The maximum absolute atomic E-state index is 12.9. The highest BCUT2D eigenvalue weighted by atomic mass is 16.5. The first-order chi connectivity index (χ1) is 12.1. The number of H-pyrrole nitrogens is 1. The third-order valence-electron chi connectivity index (χ3n) is 4.66. The second-order valence-corrected chi connectivity index (χ2v) is 6.82. The first kappa shape index (κ1) is 16.2. The van der Waals surface area contributed by atoms with Crippen molar-refractivity contribution in [2.75, 3.05) is 19.7 Å². The molecule has 1 aromatic heterocycles. The number of nitrogens with one attached hydrogen (secondary N) is 1. The summed E-state index contributed by atoms with van der Waals surface area (Å²) in [6.07, 6.45) is -0.268. The van der Waals surface area contributed by atoms with Crippen molar-refractivity contribution in [3.05, 3.63) is 46.5 Å². The average Bonchev–Trinajstić information content (AvgIpc) is 3.30. The van der Waals surface area contributed by atoms with Crippen LogP contribution in [0.2, 0.25) is 0 Å². The number of carbonyl (C=O) groups excluding carboxylic acids is 1. The highest BCUT2D eigenvalue weighted by molar-refractivity contribution is 5.94. The summed E-state index contributed by atoms with van der Waals surface area (Å²) in [6, 6.07) is 5.81. The molecule has 1 unspecified atom stereocenters. The number of carbonyl (C=O) groups is 1. The average molecular weight is 342 g/mol. The molecule has 3 heterocycles. The molecule has 2 aliphatic heterocycles. The number of morpholine rings is 1. The van der Waals surface area contributed by atoms with Gasteiger partial charge in [-0.25, -0.2) is 4.98 Å². The SMILES string of the molecule is CC(C)c1n[nH]c(C2CN(C(=O)c3ccc4c(c3)COC4)CCO2)n1. The molecule has 1 saturated heterocycles. The molecule has 1 aromatic carbocycles. The van der Waals surface area contributed by atoms with Crippen molar-refractivity contribution in [2.45, 2.75) is 39.1 Å². The third kappa shape index (κ3) is 3.17. The Morgan fingerprint density at radius 3 is 2.96 bits per heavy atom. The van der Waals surface area contributed by atoms with Crippen LogP contribution >= 0.6 is 0 Å². The fourth-order valence-electron chi connectivity index (χ4n) is 3.18. The number of ether oxygens (including phenoxy) is 2. The molecule has 0 aliphatic carbocycles. The normalized spacial score (nSPS) is 20.1. The lowest BCUT2D eigenvalue weighted by Gasteiger charge is -2.32. The number of rotatable bonds is 3. The van der Waals surface area contributed by atoms with Gasteiger partial charge in [0, 0.05) is 18.0 Å². The number of hydrogen-bond donors (Lipinski definition) is 1. The molecule has 1 N–H and O–H groups in total. The van der Waals surface area contributed by atoms with Gasteiger partial charge in [-0.05, 0) is 23.3 Å². The maximum atomic E-state index is 12.9. The second-order valence-electron chi connectivity index (χ2n) is 6.82. The molecule has 1 amide bonds. The number of fused-ring (bicyclic) bond motifs is 1. The number of hydrogen-bond acceptors (Lipinski definition) is 5. The van der Waals surface area contributed by atoms with Crippen molar-refractivity contribution in [3.8, 4) is 0 Å². The molecule has 1 atom stereocenters. The first-order valence-corrected chi connectivity index (χ1v) is 8.64. The molecule has 0 bridgehead atoms. The van der Waals surface area contributed by atoms with Crippen molar-refractivity contribution in [3.63, 3.8) is 0 Å². The van der Waals surface area contributed by atoms with Crippen molar-refractivity contribution < 1.29 is 14.3 Å². The summed E-state index contributed by atoms with van der Waals surface area (Å²) in [4.78, 5) is 19.2. The van der Waals surface area contributed by atoms with Gasteiger partial charge in [0.15, 0.2) is 11.6 Å². The molecule has 0 saturated carbocycles. The van der Waals surface area contributed by atoms with Crippen molar-refractivity contribution >= 4 is 5.91 Å². The fraction of sp³-hybridized carbons (Fsp3) is 0.500. The van der Waals surface area contributed by atoms with Gasteiger partial charge in [0.2, 0.25) is 0 Å². The molecule has 25 heavy (non-hydrogen) atoms. The predicted octanol–water partition coefficient (Wildman–Crippen LogP) is 2.17. The topological polar surface area (TPSA) is 80.3 Å². The van der Waals surface area contributed by atoms with Crippen LogP contribution in [0.3, 0.4) is 0 Å². The zero-order valence-corrected chi connectivity index (χ0v) is 14.5. The Balaban J connectivity index is 1.49. The summed E-state index contributed by atoms with van der Waals surface area (Å²) in [6.45, 7) is 6.84. The van der Waals surface area contributed by atoms with Gasteiger partial charge in [-0.1, -0.05) is 19.9 Å². The van der Waals surface area contributed by atoms with E-state index in [-0.39, 0.29) is 17.9 Å². The molecule has 2 aliphatic rings. The monoisotopic (exact) mass is 342 g/mol. The lowest BCUT2D eigenvalue weighted by molar-refractivity contribution is -0.0266. The Morgan fingerprint density at radius 2 is 2.16 bits per heavy atom. The van der Waals surface area contributed by atoms with Crippen LogP contribution in [0, 0.1) is 0 Å². The van der Waals surface area contributed by atoms with Gasteiger partial charge < -0.3 is 14.4 Å². The largest absolute Gasteiger partial charge is 0.372 e. The zero-order chi connectivity index (χ0) is 17.4. The Kier molecular flexibility index (Phi) is 4.27. The number of aromatic amines is 1. The van der Waals surface area contributed by atoms with Crippen LogP contribution in [0.5, 0.6) is 0 Å². The molecule has 1 fully saturated rings. The van der Waals surface area contributed by atoms with Gasteiger partial charge in [0.1, 0.15) is 6.10 Å². The standard InChI is InChI=1S/C18H22N4O3/c1-11(2)16-19-17(21-20-16)15-8-22(5-6-25-15)18(23)12-3-4-13-9-24-10-14(13)7-12/h3-4,7,11,15H,5-6,8-10H2,1-2H3,(H,19,20,21). The van der Waals surface area contributed by atoms with Crippen LogP contribution in [0.25, 0.3) is 0 Å². The number of amides is 1. The van der Waals surface area contributed by atoms with E-state index in [2.05, 4.69) is 15.2 Å². The fourth-order valence-corrected chi connectivity index (χ4v) is 3.18. The molecule has 7 nitrogen and oxygen atoms in total. The van der Waals surface area contributed by atoms with E-state index in [0.717, 1.165) is 11.4 Å². The Hall–Kier alpha value is -2.25.